The van der Waals surface area contributed by atoms with Crippen molar-refractivity contribution >= 4 is 28.9 Å². The standard InChI is InChI=1S/C19H22N4O2S/c1-19(16(10-3-4-10)17(25)23(2)18(21)22-19)15-7-12(9-26-15)11-5-13(20)8-14(24)6-11/h5-10,16,24H,3-4,20H2,1-2H3,(H2,21,22)/t16-,19-/m1/s1. The van der Waals surface area contributed by atoms with E-state index in [4.69, 9.17) is 11.1 Å². The maximum atomic E-state index is 12.9. The quantitative estimate of drug-likeness (QED) is 0.624. The minimum Gasteiger partial charge on any atom is -0.508 e. The van der Waals surface area contributed by atoms with Crippen LogP contribution in [0.5, 0.6) is 5.75 Å². The van der Waals surface area contributed by atoms with Gasteiger partial charge in [0, 0.05) is 23.7 Å². The van der Waals surface area contributed by atoms with Crippen molar-refractivity contribution in [3.63, 3.8) is 0 Å². The molecule has 136 valence electrons. The van der Waals surface area contributed by atoms with Gasteiger partial charge in [0.05, 0.1) is 11.5 Å². The molecule has 0 spiro atoms. The zero-order chi connectivity index (χ0) is 18.6. The first-order valence-electron chi connectivity index (χ1n) is 8.63. The van der Waals surface area contributed by atoms with Gasteiger partial charge < -0.3 is 16.2 Å². The Balaban J connectivity index is 1.75. The van der Waals surface area contributed by atoms with Crippen LogP contribution in [-0.4, -0.2) is 28.9 Å². The lowest BCUT2D eigenvalue weighted by Gasteiger charge is -2.45. The second-order valence-corrected chi connectivity index (χ2v) is 8.31. The van der Waals surface area contributed by atoms with Crippen LogP contribution < -0.4 is 11.1 Å². The van der Waals surface area contributed by atoms with Gasteiger partial charge in [-0.25, -0.2) is 0 Å². The van der Waals surface area contributed by atoms with Crippen LogP contribution in [0, 0.1) is 17.2 Å². The third kappa shape index (κ3) is 2.63. The highest BCUT2D eigenvalue weighted by Gasteiger charge is 2.54. The Labute approximate surface area is 156 Å². The van der Waals surface area contributed by atoms with Crippen LogP contribution in [0.2, 0.25) is 0 Å². The molecule has 1 aliphatic carbocycles. The van der Waals surface area contributed by atoms with Gasteiger partial charge in [0.2, 0.25) is 5.91 Å². The molecule has 5 N–H and O–H groups in total. The predicted molar refractivity (Wildman–Crippen MR) is 103 cm³/mol. The van der Waals surface area contributed by atoms with Crippen LogP contribution in [0.25, 0.3) is 11.1 Å². The summed E-state index contributed by atoms with van der Waals surface area (Å²) in [6.45, 7) is 2.02. The number of nitrogen functional groups attached to an aromatic ring is 1. The number of phenolic OH excluding ortho intramolecular Hbond substituents is 1. The minimum absolute atomic E-state index is 0.00954. The van der Waals surface area contributed by atoms with E-state index < -0.39 is 5.54 Å². The molecule has 1 amide bonds. The molecule has 0 unspecified atom stereocenters. The normalized spacial score (nSPS) is 26.1. The number of carbonyl (C=O) groups excluding carboxylic acids is 1. The molecule has 26 heavy (non-hydrogen) atoms. The number of nitrogens with zero attached hydrogens (tertiary/aromatic N) is 1. The van der Waals surface area contributed by atoms with Crippen molar-refractivity contribution < 1.29 is 9.90 Å². The van der Waals surface area contributed by atoms with E-state index in [0.29, 0.717) is 11.6 Å². The fourth-order valence-corrected chi connectivity index (χ4v) is 4.93. The number of thiophene rings is 1. The Bertz CT molecular complexity index is 884. The average molecular weight is 370 g/mol. The van der Waals surface area contributed by atoms with Gasteiger partial charge in [-0.2, -0.15) is 0 Å². The number of rotatable bonds is 3. The fourth-order valence-electron chi connectivity index (χ4n) is 3.85. The SMILES string of the molecule is CN1C(=N)N[C@](C)(c2cc(-c3cc(N)cc(O)c3)cs2)[C@H](C2CC2)C1=O. The van der Waals surface area contributed by atoms with Gasteiger partial charge in [0.25, 0.3) is 0 Å². The van der Waals surface area contributed by atoms with Gasteiger partial charge in [-0.3, -0.25) is 15.1 Å². The van der Waals surface area contributed by atoms with E-state index in [1.165, 1.54) is 11.0 Å². The van der Waals surface area contributed by atoms with E-state index >= 15 is 0 Å². The lowest BCUT2D eigenvalue weighted by Crippen LogP contribution is -2.64. The van der Waals surface area contributed by atoms with Gasteiger partial charge in [0.15, 0.2) is 5.96 Å². The first kappa shape index (κ1) is 16.9. The molecule has 1 aliphatic heterocycles. The maximum absolute atomic E-state index is 12.9. The van der Waals surface area contributed by atoms with Crippen molar-refractivity contribution in [3.8, 4) is 16.9 Å². The van der Waals surface area contributed by atoms with Gasteiger partial charge in [-0.1, -0.05) is 0 Å². The molecule has 7 heteroatoms. The monoisotopic (exact) mass is 370 g/mol. The van der Waals surface area contributed by atoms with E-state index in [9.17, 15) is 9.90 Å². The number of anilines is 1. The first-order chi connectivity index (χ1) is 12.3. The second-order valence-electron chi connectivity index (χ2n) is 7.40. The fraction of sp³-hybridized carbons (Fsp3) is 0.368. The zero-order valence-electron chi connectivity index (χ0n) is 14.7. The molecule has 2 atom stereocenters. The Hall–Kier alpha value is -2.54. The van der Waals surface area contributed by atoms with E-state index in [-0.39, 0.29) is 23.5 Å². The second kappa shape index (κ2) is 5.74. The van der Waals surface area contributed by atoms with E-state index in [2.05, 4.69) is 5.32 Å². The lowest BCUT2D eigenvalue weighted by atomic mass is 9.78. The van der Waals surface area contributed by atoms with Crippen LogP contribution in [-0.2, 0) is 10.3 Å². The molecule has 2 aromatic rings. The molecule has 1 saturated heterocycles. The van der Waals surface area contributed by atoms with Gasteiger partial charge in [-0.15, -0.1) is 11.3 Å². The van der Waals surface area contributed by atoms with Crippen molar-refractivity contribution in [2.75, 3.05) is 12.8 Å². The number of guanidine groups is 1. The Kier molecular flexibility index (Phi) is 3.73. The average Bonchev–Trinajstić information content (AvgIpc) is 3.25. The smallest absolute Gasteiger partial charge is 0.235 e. The third-order valence-electron chi connectivity index (χ3n) is 5.41. The summed E-state index contributed by atoms with van der Waals surface area (Å²) in [6, 6.07) is 7.05. The molecule has 2 heterocycles. The largest absolute Gasteiger partial charge is 0.508 e. The van der Waals surface area contributed by atoms with Crippen LogP contribution in [0.4, 0.5) is 5.69 Å². The molecule has 0 bridgehead atoms. The zero-order valence-corrected chi connectivity index (χ0v) is 15.6. The van der Waals surface area contributed by atoms with Crippen molar-refractivity contribution in [2.45, 2.75) is 25.3 Å². The highest BCUT2D eigenvalue weighted by atomic mass is 32.1. The Morgan fingerprint density at radius 2 is 2.04 bits per heavy atom. The highest BCUT2D eigenvalue weighted by molar-refractivity contribution is 7.10. The summed E-state index contributed by atoms with van der Waals surface area (Å²) in [5, 5.41) is 23.3. The molecular formula is C19H22N4O2S. The van der Waals surface area contributed by atoms with E-state index in [0.717, 1.165) is 28.8 Å². The number of phenols is 1. The number of carbonyl (C=O) groups is 1. The molecular weight excluding hydrogens is 348 g/mol. The number of nitrogens with one attached hydrogen (secondary N) is 2. The maximum Gasteiger partial charge on any atom is 0.235 e. The van der Waals surface area contributed by atoms with Crippen LogP contribution >= 0.6 is 11.3 Å². The van der Waals surface area contributed by atoms with E-state index in [1.807, 2.05) is 24.4 Å². The number of amides is 1. The van der Waals surface area contributed by atoms with Crippen molar-refractivity contribution in [1.82, 2.24) is 10.2 Å². The topological polar surface area (TPSA) is 102 Å². The minimum atomic E-state index is -0.604. The summed E-state index contributed by atoms with van der Waals surface area (Å²) in [5.74, 6) is 0.449. The molecule has 2 fully saturated rings. The number of hydrogen-bond donors (Lipinski definition) is 4. The van der Waals surface area contributed by atoms with Crippen LogP contribution in [0.1, 0.15) is 24.6 Å². The van der Waals surface area contributed by atoms with Crippen molar-refractivity contribution in [2.24, 2.45) is 11.8 Å². The van der Waals surface area contributed by atoms with Gasteiger partial charge in [0.1, 0.15) is 5.75 Å². The van der Waals surface area contributed by atoms with Crippen LogP contribution in [0.15, 0.2) is 29.6 Å². The molecule has 1 saturated carbocycles. The molecule has 4 rings (SSSR count). The predicted octanol–water partition coefficient (Wildman–Crippen LogP) is 2.94. The summed E-state index contributed by atoms with van der Waals surface area (Å²) in [7, 11) is 1.65. The highest BCUT2D eigenvalue weighted by Crippen LogP contribution is 2.50. The van der Waals surface area contributed by atoms with Crippen molar-refractivity contribution in [1.29, 1.82) is 5.41 Å². The molecule has 1 aromatic carbocycles. The summed E-state index contributed by atoms with van der Waals surface area (Å²) >= 11 is 1.56. The Morgan fingerprint density at radius 3 is 2.69 bits per heavy atom. The van der Waals surface area contributed by atoms with E-state index in [1.54, 1.807) is 24.5 Å². The number of hydrogen-bond acceptors (Lipinski definition) is 5. The van der Waals surface area contributed by atoms with Gasteiger partial charge in [-0.05, 0) is 60.4 Å². The number of nitrogens with two attached hydrogens (primary N) is 1. The molecule has 2 aliphatic rings. The van der Waals surface area contributed by atoms with Crippen LogP contribution in [0.3, 0.4) is 0 Å². The third-order valence-corrected chi connectivity index (χ3v) is 6.58. The summed E-state index contributed by atoms with van der Waals surface area (Å²) in [5.41, 5.74) is 7.53. The first-order valence-corrected chi connectivity index (χ1v) is 9.51. The summed E-state index contributed by atoms with van der Waals surface area (Å²) in [6.07, 6.45) is 2.10. The number of benzene rings is 1. The molecule has 6 nitrogen and oxygen atoms in total. The summed E-state index contributed by atoms with van der Waals surface area (Å²) in [4.78, 5) is 15.3. The molecule has 0 radical (unpaired) electrons. The Morgan fingerprint density at radius 1 is 1.31 bits per heavy atom. The van der Waals surface area contributed by atoms with Gasteiger partial charge >= 0.3 is 0 Å². The summed E-state index contributed by atoms with van der Waals surface area (Å²) < 4.78 is 0. The number of aromatic hydroxyl groups is 1. The lowest BCUT2D eigenvalue weighted by molar-refractivity contribution is -0.136. The molecule has 1 aromatic heterocycles. The van der Waals surface area contributed by atoms with Crippen molar-refractivity contribution in [3.05, 3.63) is 34.5 Å².